The number of nitrogens with one attached hydrogen (secondary N) is 3. The van der Waals surface area contributed by atoms with E-state index in [1.165, 1.54) is 66.4 Å². The van der Waals surface area contributed by atoms with E-state index in [4.69, 9.17) is 34.5 Å². The molecule has 0 aromatic carbocycles. The second-order valence-corrected chi connectivity index (χ2v) is 24.2. The molecule has 330 valence electrons. The van der Waals surface area contributed by atoms with Gasteiger partial charge in [0.25, 0.3) is 0 Å². The average molecular weight is 1010 g/mol. The monoisotopic (exact) mass is 1010 g/mol. The number of rotatable bonds is 15. The summed E-state index contributed by atoms with van der Waals surface area (Å²) in [6, 6.07) is 18.2. The van der Waals surface area contributed by atoms with Crippen LogP contribution in [0, 0.1) is 17.8 Å². The summed E-state index contributed by atoms with van der Waals surface area (Å²) in [5.74, 6) is 4.90. The number of pyridine rings is 6. The van der Waals surface area contributed by atoms with Crippen LogP contribution in [-0.4, -0.2) is 96.0 Å². The van der Waals surface area contributed by atoms with Gasteiger partial charge in [0.05, 0.1) is 30.0 Å². The number of ether oxygens (including phenoxy) is 2. The van der Waals surface area contributed by atoms with E-state index in [-0.39, 0.29) is 0 Å². The van der Waals surface area contributed by atoms with Crippen molar-refractivity contribution in [1.82, 2.24) is 45.1 Å². The minimum absolute atomic E-state index is 0.394. The zero-order valence-corrected chi connectivity index (χ0v) is 40.9. The minimum atomic E-state index is -1.20. The molecule has 4 unspecified atom stereocenters. The molecule has 65 heavy (non-hydrogen) atoms. The van der Waals surface area contributed by atoms with Crippen LogP contribution < -0.4 is 29.1 Å². The van der Waals surface area contributed by atoms with Gasteiger partial charge in [-0.25, -0.2) is 4.98 Å². The third-order valence-electron chi connectivity index (χ3n) is 13.1. The number of hydrogen-bond acceptors (Lipinski definition) is 17. The Kier molecular flexibility index (Phi) is 12.0. The Morgan fingerprint density at radius 2 is 1.52 bits per heavy atom. The number of thioether (sulfide) groups is 1. The molecule has 8 heterocycles. The quantitative estimate of drug-likeness (QED) is 0.0829. The Balaban J connectivity index is 0.687. The molecule has 5 atom stereocenters. The molecule has 3 N–H and O–H groups in total. The number of fused-ring (bicyclic) bond motifs is 2. The summed E-state index contributed by atoms with van der Waals surface area (Å²) in [5.41, 5.74) is 7.89. The van der Waals surface area contributed by atoms with Crippen molar-refractivity contribution in [1.29, 1.82) is 0 Å². The average Bonchev–Trinajstić information content (AvgIpc) is 3.85. The van der Waals surface area contributed by atoms with Gasteiger partial charge in [0.2, 0.25) is 11.0 Å². The molecule has 0 spiro atoms. The molecule has 2 radical (unpaired) electrons. The van der Waals surface area contributed by atoms with E-state index in [9.17, 15) is 0 Å². The maximum atomic E-state index is 5.72. The van der Waals surface area contributed by atoms with Gasteiger partial charge in [0.15, 0.2) is 0 Å². The molecule has 1 aliphatic heterocycles. The van der Waals surface area contributed by atoms with Crippen molar-refractivity contribution in [3.05, 3.63) is 90.0 Å². The van der Waals surface area contributed by atoms with Crippen LogP contribution in [0.3, 0.4) is 0 Å². The summed E-state index contributed by atoms with van der Waals surface area (Å²) >= 11 is 2.42. The van der Waals surface area contributed by atoms with Crippen LogP contribution in [0.4, 0.5) is 33.7 Å². The van der Waals surface area contributed by atoms with E-state index in [1.54, 1.807) is 31.8 Å². The molecule has 18 heteroatoms. The molecule has 3 aliphatic carbocycles. The molecule has 0 bridgehead atoms. The first-order valence-corrected chi connectivity index (χ1v) is 26.9. The molecule has 3 fully saturated rings. The zero-order valence-electron chi connectivity index (χ0n) is 36.4. The summed E-state index contributed by atoms with van der Waals surface area (Å²) in [4.78, 5) is 28.4. The van der Waals surface area contributed by atoms with Crippen LogP contribution in [0.25, 0.3) is 22.1 Å². The van der Waals surface area contributed by atoms with Crippen LogP contribution in [-0.2, 0) is 0 Å². The first kappa shape index (κ1) is 42.2. The van der Waals surface area contributed by atoms with Gasteiger partial charge in [-0.15, -0.1) is 10.2 Å². The maximum absolute atomic E-state index is 5.72. The Hall–Kier alpha value is -5.40. The first-order chi connectivity index (χ1) is 31.9. The third-order valence-corrected chi connectivity index (χ3v) is 19.5. The summed E-state index contributed by atoms with van der Waals surface area (Å²) in [7, 11) is 5.44. The van der Waals surface area contributed by atoms with Gasteiger partial charge in [0.1, 0.15) is 10.8 Å². The van der Waals surface area contributed by atoms with Gasteiger partial charge >= 0.3 is 250 Å². The number of anilines is 6. The van der Waals surface area contributed by atoms with E-state index >= 15 is 0 Å². The van der Waals surface area contributed by atoms with Crippen LogP contribution in [0.1, 0.15) is 80.2 Å². The van der Waals surface area contributed by atoms with Gasteiger partial charge in [-0.05, 0) is 31.0 Å². The topological polar surface area (TPSA) is 173 Å². The Labute approximate surface area is 395 Å². The van der Waals surface area contributed by atoms with E-state index < -0.39 is 21.1 Å². The molecular weight excluding hydrogens is 961 g/mol. The first-order valence-electron chi connectivity index (χ1n) is 22.4. The molecule has 11 rings (SSSR count). The van der Waals surface area contributed by atoms with Crippen LogP contribution in [0.2, 0.25) is 0 Å². The van der Waals surface area contributed by atoms with Crippen molar-refractivity contribution in [2.45, 2.75) is 75.0 Å². The second kappa shape index (κ2) is 18.5. The summed E-state index contributed by atoms with van der Waals surface area (Å²) in [6.45, 7) is 0. The number of hydrazone groups is 1. The number of aromatic nitrogens is 8. The predicted octanol–water partition coefficient (Wildman–Crippen LogP) is 9.34. The zero-order chi connectivity index (χ0) is 43.9. The summed E-state index contributed by atoms with van der Waals surface area (Å²) in [5, 5.41) is 28.8. The fourth-order valence-corrected chi connectivity index (χ4v) is 16.3. The van der Waals surface area contributed by atoms with E-state index in [2.05, 4.69) is 66.4 Å². The molecular formula is C47H49N13O2S2Sn. The van der Waals surface area contributed by atoms with E-state index in [0.717, 1.165) is 70.4 Å². The van der Waals surface area contributed by atoms with Gasteiger partial charge in [-0.1, -0.05) is 24.2 Å². The molecule has 0 amide bonds. The van der Waals surface area contributed by atoms with Gasteiger partial charge in [-0.2, -0.15) is 0 Å². The Morgan fingerprint density at radius 3 is 2.34 bits per heavy atom. The molecule has 15 nitrogen and oxygen atoms in total. The van der Waals surface area contributed by atoms with Crippen molar-refractivity contribution >= 4 is 107 Å². The third kappa shape index (κ3) is 9.36. The molecule has 3 saturated carbocycles. The van der Waals surface area contributed by atoms with Crippen molar-refractivity contribution in [2.24, 2.45) is 22.9 Å². The predicted molar refractivity (Wildman–Crippen MR) is 260 cm³/mol. The normalized spacial score (nSPS) is 21.8. The summed E-state index contributed by atoms with van der Waals surface area (Å²) in [6.07, 6.45) is 18.6. The molecule has 4 aliphatic rings. The number of methoxy groups -OCH3 is 2. The van der Waals surface area contributed by atoms with Crippen LogP contribution >= 0.6 is 23.1 Å². The van der Waals surface area contributed by atoms with E-state index in [1.807, 2.05) is 66.8 Å². The van der Waals surface area contributed by atoms with Crippen molar-refractivity contribution in [3.8, 4) is 11.8 Å². The van der Waals surface area contributed by atoms with E-state index in [0.29, 0.717) is 40.8 Å². The van der Waals surface area contributed by atoms with Crippen molar-refractivity contribution in [2.75, 3.05) is 37.2 Å². The Morgan fingerprint density at radius 1 is 0.754 bits per heavy atom. The SMILES string of the molecule is COc1ncccc1Nc1cnc2cc[c]([Sn][C]3=NN(C)C(C4CCC(CC5C[C@@H]5c5cnc(OC)c(Nc6cnc7ccc(Nc8nnc(C9CCCC9)s8)nc7c6)c5)C4)S3)nc2c1. The number of nitrogens with zero attached hydrogens (tertiary/aromatic N) is 10. The van der Waals surface area contributed by atoms with Gasteiger partial charge < -0.3 is 15.4 Å². The fourth-order valence-electron chi connectivity index (χ4n) is 9.82. The Bertz CT molecular complexity index is 2900. The van der Waals surface area contributed by atoms with Gasteiger partial charge in [0, 0.05) is 5.92 Å². The molecule has 0 saturated heterocycles. The van der Waals surface area contributed by atoms with Crippen LogP contribution in [0.15, 0.2) is 84.5 Å². The van der Waals surface area contributed by atoms with Crippen molar-refractivity contribution in [3.63, 3.8) is 0 Å². The van der Waals surface area contributed by atoms with Crippen LogP contribution in [0.5, 0.6) is 11.8 Å². The second-order valence-electron chi connectivity index (χ2n) is 17.5. The number of hydrogen-bond donors (Lipinski definition) is 3. The molecule has 7 aromatic heterocycles. The van der Waals surface area contributed by atoms with Crippen molar-refractivity contribution < 1.29 is 9.47 Å². The standard InChI is InChI=1S/C33H38N9OS2.C14H11N4O.Sn/c1-42-32(44-18-36-42)21-8-7-19(11-21)12-22-13-25(22)23-14-28(30(43-2)35-16-23)37-24-15-27-26(34-17-24)9-10-29(38-27)39-33-41-40-31(45-33)20-5-3-4-6-20;1-19-14-12(5-3-7-16-14)18-10-8-13-11(17-9-10)4-2-6-15-13;/h9-10,14-17,19-22,25,32,37H,3-8,11-13H2,1-2H3,(H,38,39,41);2-5,7-9,18H,1H3;/t19?,21?,22?,25-,32?;;/m0../s1. The summed E-state index contributed by atoms with van der Waals surface area (Å²) < 4.78 is 13.6. The fraction of sp³-hybridized carbons (Fsp3) is 0.383. The van der Waals surface area contributed by atoms with Gasteiger partial charge in [-0.3, -0.25) is 4.98 Å². The molecule has 7 aromatic rings.